The predicted molar refractivity (Wildman–Crippen MR) is 160 cm³/mol. The molecule has 2 rings (SSSR count). The first kappa shape index (κ1) is 31.7. The predicted octanol–water partition coefficient (Wildman–Crippen LogP) is 10.9. The van der Waals surface area contributed by atoms with Crippen molar-refractivity contribution in [2.24, 2.45) is 11.8 Å². The second-order valence-corrected chi connectivity index (χ2v) is 12.4. The number of carbonyl (C=O) groups excluding carboxylic acids is 1. The summed E-state index contributed by atoms with van der Waals surface area (Å²) in [5, 5.41) is 3.06. The van der Waals surface area contributed by atoms with Gasteiger partial charge in [0, 0.05) is 12.1 Å². The van der Waals surface area contributed by atoms with Crippen LogP contribution in [-0.2, 0) is 4.79 Å². The zero-order valence-electron chi connectivity index (χ0n) is 24.9. The van der Waals surface area contributed by atoms with Gasteiger partial charge in [0.25, 0.3) is 0 Å². The Hall–Kier alpha value is -1.51. The van der Waals surface area contributed by atoms with E-state index in [1.807, 2.05) is 24.3 Å². The van der Waals surface area contributed by atoms with Crippen molar-refractivity contribution in [3.8, 4) is 5.75 Å². The summed E-state index contributed by atoms with van der Waals surface area (Å²) in [5.74, 6) is 2.48. The molecular formula is C34H59NO2. The van der Waals surface area contributed by atoms with Gasteiger partial charge in [-0.25, -0.2) is 0 Å². The number of carbonyl (C=O) groups is 1. The van der Waals surface area contributed by atoms with Crippen LogP contribution in [0.1, 0.15) is 156 Å². The molecule has 3 heteroatoms. The zero-order chi connectivity index (χ0) is 26.8. The van der Waals surface area contributed by atoms with E-state index in [0.717, 1.165) is 30.2 Å². The van der Waals surface area contributed by atoms with Crippen molar-refractivity contribution in [3.05, 3.63) is 24.3 Å². The second-order valence-electron chi connectivity index (χ2n) is 12.4. The number of unbranched alkanes of at least 4 members (excludes halogenated alkanes) is 14. The minimum atomic E-state index is -0.154. The smallest absolute Gasteiger partial charge is 0.224 e. The van der Waals surface area contributed by atoms with Gasteiger partial charge in [-0.05, 0) is 69.2 Å². The van der Waals surface area contributed by atoms with Crippen LogP contribution in [0.4, 0.5) is 5.69 Å². The molecule has 0 bridgehead atoms. The Morgan fingerprint density at radius 3 is 1.70 bits per heavy atom. The first-order valence-electron chi connectivity index (χ1n) is 16.0. The van der Waals surface area contributed by atoms with E-state index < -0.39 is 0 Å². The van der Waals surface area contributed by atoms with Crippen LogP contribution in [0.3, 0.4) is 0 Å². The van der Waals surface area contributed by atoms with Crippen LogP contribution in [0.15, 0.2) is 24.3 Å². The van der Waals surface area contributed by atoms with Gasteiger partial charge < -0.3 is 10.1 Å². The number of nitrogens with one attached hydrogen (secondary N) is 1. The highest BCUT2D eigenvalue weighted by molar-refractivity contribution is 5.90. The Morgan fingerprint density at radius 1 is 0.757 bits per heavy atom. The minimum absolute atomic E-state index is 0.125. The third-order valence-corrected chi connectivity index (χ3v) is 8.53. The van der Waals surface area contributed by atoms with Crippen LogP contribution in [0.25, 0.3) is 0 Å². The van der Waals surface area contributed by atoms with Crippen LogP contribution in [-0.4, -0.2) is 11.5 Å². The highest BCUT2D eigenvalue weighted by Crippen LogP contribution is 2.37. The number of rotatable bonds is 20. The van der Waals surface area contributed by atoms with Gasteiger partial charge in [-0.1, -0.05) is 117 Å². The van der Waals surface area contributed by atoms with Crippen LogP contribution in [0.2, 0.25) is 0 Å². The Kier molecular flexibility index (Phi) is 16.0. The number of benzene rings is 1. The molecule has 0 radical (unpaired) electrons. The third-order valence-electron chi connectivity index (χ3n) is 8.53. The van der Waals surface area contributed by atoms with Crippen LogP contribution in [0.5, 0.6) is 5.75 Å². The van der Waals surface area contributed by atoms with Crippen LogP contribution >= 0.6 is 0 Å². The second kappa shape index (κ2) is 18.7. The van der Waals surface area contributed by atoms with Crippen molar-refractivity contribution in [1.29, 1.82) is 0 Å². The molecule has 1 saturated carbocycles. The molecule has 3 nitrogen and oxygen atoms in total. The highest BCUT2D eigenvalue weighted by Gasteiger charge is 2.34. The van der Waals surface area contributed by atoms with Crippen molar-refractivity contribution in [2.75, 3.05) is 5.32 Å². The van der Waals surface area contributed by atoms with E-state index in [1.165, 1.54) is 109 Å². The van der Waals surface area contributed by atoms with Crippen LogP contribution < -0.4 is 10.1 Å². The summed E-state index contributed by atoms with van der Waals surface area (Å²) in [6.07, 6.45) is 25.9. The Bertz CT molecular complexity index is 703. The van der Waals surface area contributed by atoms with Gasteiger partial charge in [0.2, 0.25) is 5.91 Å². The lowest BCUT2D eigenvalue weighted by molar-refractivity contribution is -0.116. The van der Waals surface area contributed by atoms with Crippen molar-refractivity contribution in [3.63, 3.8) is 0 Å². The molecule has 212 valence electrons. The third kappa shape index (κ3) is 14.3. The number of amides is 1. The van der Waals surface area contributed by atoms with Crippen molar-refractivity contribution >= 4 is 11.6 Å². The number of ether oxygens (including phenoxy) is 1. The summed E-state index contributed by atoms with van der Waals surface area (Å²) in [5.41, 5.74) is 0.709. The molecule has 0 atom stereocenters. The van der Waals surface area contributed by atoms with Gasteiger partial charge in [-0.2, -0.15) is 0 Å². The monoisotopic (exact) mass is 513 g/mol. The molecule has 0 saturated heterocycles. The molecule has 1 aromatic carbocycles. The molecule has 1 fully saturated rings. The fourth-order valence-electron chi connectivity index (χ4n) is 5.83. The van der Waals surface area contributed by atoms with Gasteiger partial charge in [0.15, 0.2) is 0 Å². The zero-order valence-corrected chi connectivity index (χ0v) is 24.9. The minimum Gasteiger partial charge on any atom is -0.488 e. The van der Waals surface area contributed by atoms with E-state index in [2.05, 4.69) is 33.0 Å². The molecule has 1 aliphatic carbocycles. The van der Waals surface area contributed by atoms with Gasteiger partial charge in [-0.15, -0.1) is 0 Å². The normalized spacial score (nSPS) is 18.1. The van der Waals surface area contributed by atoms with E-state index in [1.54, 1.807) is 0 Å². The Morgan fingerprint density at radius 2 is 1.22 bits per heavy atom. The van der Waals surface area contributed by atoms with Crippen molar-refractivity contribution < 1.29 is 9.53 Å². The molecule has 1 aromatic rings. The summed E-state index contributed by atoms with van der Waals surface area (Å²) in [6.45, 7) is 9.09. The Balaban J connectivity index is 1.47. The lowest BCUT2D eigenvalue weighted by Gasteiger charge is -2.38. The topological polar surface area (TPSA) is 38.3 Å². The Labute approximate surface area is 229 Å². The van der Waals surface area contributed by atoms with E-state index in [4.69, 9.17) is 4.74 Å². The maximum Gasteiger partial charge on any atom is 0.224 e. The average Bonchev–Trinajstić information content (AvgIpc) is 2.87. The van der Waals surface area contributed by atoms with Gasteiger partial charge in [0.05, 0.1) is 0 Å². The highest BCUT2D eigenvalue weighted by atomic mass is 16.5. The van der Waals surface area contributed by atoms with Crippen LogP contribution in [0, 0.1) is 11.8 Å². The maximum atomic E-state index is 12.4. The van der Waals surface area contributed by atoms with E-state index in [0.29, 0.717) is 12.3 Å². The fourth-order valence-corrected chi connectivity index (χ4v) is 5.83. The van der Waals surface area contributed by atoms with Crippen molar-refractivity contribution in [1.82, 2.24) is 0 Å². The fraction of sp³-hybridized carbons (Fsp3) is 0.794. The van der Waals surface area contributed by atoms with E-state index in [9.17, 15) is 4.79 Å². The molecule has 0 heterocycles. The first-order chi connectivity index (χ1) is 17.9. The molecule has 0 aliphatic heterocycles. The summed E-state index contributed by atoms with van der Waals surface area (Å²) >= 11 is 0. The molecular weight excluding hydrogens is 454 g/mol. The quantitative estimate of drug-likeness (QED) is 0.176. The molecule has 1 amide bonds. The summed E-state index contributed by atoms with van der Waals surface area (Å²) in [6, 6.07) is 7.93. The van der Waals surface area contributed by atoms with Gasteiger partial charge >= 0.3 is 0 Å². The lowest BCUT2D eigenvalue weighted by Crippen LogP contribution is -2.39. The van der Waals surface area contributed by atoms with E-state index >= 15 is 0 Å². The molecule has 1 aliphatic rings. The molecule has 37 heavy (non-hydrogen) atoms. The summed E-state index contributed by atoms with van der Waals surface area (Å²) in [4.78, 5) is 12.4. The van der Waals surface area contributed by atoms with Crippen molar-refractivity contribution in [2.45, 2.75) is 162 Å². The summed E-state index contributed by atoms with van der Waals surface area (Å²) in [7, 11) is 0. The number of hydrogen-bond donors (Lipinski definition) is 1. The number of anilines is 1. The number of hydrogen-bond acceptors (Lipinski definition) is 2. The largest absolute Gasteiger partial charge is 0.488 e. The maximum absolute atomic E-state index is 12.4. The molecule has 1 N–H and O–H groups in total. The van der Waals surface area contributed by atoms with E-state index in [-0.39, 0.29) is 11.5 Å². The molecule has 0 aromatic heterocycles. The summed E-state index contributed by atoms with van der Waals surface area (Å²) < 4.78 is 6.38. The standard InChI is InChI=1S/C34H59NO2/c1-5-6-7-8-9-10-11-12-13-14-15-16-17-18-19-20-33(36)35-31-25-27-32(28-26-31)37-34(3,4)30-23-21-29(2)22-24-30/h25-30H,5-24H2,1-4H3,(H,35,36). The SMILES string of the molecule is CCCCCCCCCCCCCCCCCC(=O)Nc1ccc(OC(C)(C)C2CCC(C)CC2)cc1. The van der Waals surface area contributed by atoms with Gasteiger partial charge in [-0.3, -0.25) is 4.79 Å². The first-order valence-corrected chi connectivity index (χ1v) is 16.0. The lowest BCUT2D eigenvalue weighted by atomic mass is 9.75. The average molecular weight is 514 g/mol. The molecule has 0 spiro atoms. The van der Waals surface area contributed by atoms with Gasteiger partial charge in [0.1, 0.15) is 11.4 Å². The molecule has 0 unspecified atom stereocenters.